The smallest absolute Gasteiger partial charge is 0.248 e. The van der Waals surface area contributed by atoms with Crippen molar-refractivity contribution >= 4 is 5.91 Å². The molecular formula is C13H17N5O. The quantitative estimate of drug-likeness (QED) is 0.635. The van der Waals surface area contributed by atoms with Crippen LogP contribution in [-0.2, 0) is 13.0 Å². The van der Waals surface area contributed by atoms with Crippen molar-refractivity contribution in [1.29, 1.82) is 0 Å². The Balaban J connectivity index is 1.66. The highest BCUT2D eigenvalue weighted by atomic mass is 16.1. The van der Waals surface area contributed by atoms with Gasteiger partial charge in [0, 0.05) is 18.5 Å². The molecule has 0 saturated heterocycles. The van der Waals surface area contributed by atoms with Crippen LogP contribution in [0.2, 0.25) is 0 Å². The summed E-state index contributed by atoms with van der Waals surface area (Å²) in [4.78, 5) is 15.0. The molecule has 0 saturated carbocycles. The number of aromatic nitrogens is 3. The molecule has 0 radical (unpaired) electrons. The first-order valence-electron chi connectivity index (χ1n) is 6.19. The van der Waals surface area contributed by atoms with E-state index in [1.165, 1.54) is 6.33 Å². The van der Waals surface area contributed by atoms with Crippen LogP contribution in [0.15, 0.2) is 30.6 Å². The number of primary amides is 1. The third kappa shape index (κ3) is 4.18. The van der Waals surface area contributed by atoms with Gasteiger partial charge in [-0.15, -0.1) is 0 Å². The van der Waals surface area contributed by atoms with Crippen molar-refractivity contribution in [3.63, 3.8) is 0 Å². The van der Waals surface area contributed by atoms with Crippen molar-refractivity contribution < 1.29 is 4.79 Å². The summed E-state index contributed by atoms with van der Waals surface area (Å²) in [5.74, 6) is 0.513. The van der Waals surface area contributed by atoms with Crippen molar-refractivity contribution in [2.75, 3.05) is 6.54 Å². The Morgan fingerprint density at radius 2 is 2.11 bits per heavy atom. The number of aromatic amines is 1. The molecule has 2 rings (SSSR count). The van der Waals surface area contributed by atoms with Gasteiger partial charge in [-0.1, -0.05) is 12.1 Å². The summed E-state index contributed by atoms with van der Waals surface area (Å²) in [7, 11) is 0. The number of H-pyrrole nitrogens is 1. The number of hydrogen-bond donors (Lipinski definition) is 3. The van der Waals surface area contributed by atoms with Gasteiger partial charge < -0.3 is 11.1 Å². The molecule has 0 aliphatic rings. The Kier molecular flexibility index (Phi) is 4.63. The number of nitrogens with one attached hydrogen (secondary N) is 2. The molecule has 6 heteroatoms. The van der Waals surface area contributed by atoms with Crippen LogP contribution in [0.4, 0.5) is 0 Å². The minimum atomic E-state index is -0.397. The van der Waals surface area contributed by atoms with Crippen LogP contribution >= 0.6 is 0 Å². The molecule has 0 aliphatic heterocycles. The molecule has 0 unspecified atom stereocenters. The maximum atomic E-state index is 10.9. The van der Waals surface area contributed by atoms with Gasteiger partial charge in [0.25, 0.3) is 0 Å². The largest absolute Gasteiger partial charge is 0.366 e. The Labute approximate surface area is 111 Å². The van der Waals surface area contributed by atoms with E-state index in [9.17, 15) is 4.79 Å². The fraction of sp³-hybridized carbons (Fsp3) is 0.308. The summed E-state index contributed by atoms with van der Waals surface area (Å²) in [6.07, 6.45) is 3.39. The van der Waals surface area contributed by atoms with Gasteiger partial charge in [0.1, 0.15) is 12.2 Å². The number of carbonyl (C=O) groups is 1. The van der Waals surface area contributed by atoms with Crippen LogP contribution in [0.1, 0.15) is 28.2 Å². The molecule has 0 atom stereocenters. The monoisotopic (exact) mass is 259 g/mol. The fourth-order valence-electron chi connectivity index (χ4n) is 1.75. The van der Waals surface area contributed by atoms with E-state index in [0.717, 1.165) is 37.3 Å². The van der Waals surface area contributed by atoms with Crippen molar-refractivity contribution in [3.8, 4) is 0 Å². The molecule has 0 bridgehead atoms. The lowest BCUT2D eigenvalue weighted by atomic mass is 10.1. The maximum absolute atomic E-state index is 10.9. The minimum absolute atomic E-state index is 0.397. The third-order valence-electron chi connectivity index (χ3n) is 2.80. The number of nitrogens with zero attached hydrogens (tertiary/aromatic N) is 2. The summed E-state index contributed by atoms with van der Waals surface area (Å²) in [5.41, 5.74) is 6.85. The van der Waals surface area contributed by atoms with Gasteiger partial charge in [-0.3, -0.25) is 9.89 Å². The molecule has 0 spiro atoms. The average molecular weight is 259 g/mol. The van der Waals surface area contributed by atoms with Crippen LogP contribution in [0, 0.1) is 0 Å². The van der Waals surface area contributed by atoms with Crippen molar-refractivity contribution in [3.05, 3.63) is 47.5 Å². The number of carbonyl (C=O) groups excluding carboxylic acids is 1. The lowest BCUT2D eigenvalue weighted by Gasteiger charge is -2.04. The second-order valence-corrected chi connectivity index (χ2v) is 4.27. The number of rotatable bonds is 7. The Hall–Kier alpha value is -2.21. The van der Waals surface area contributed by atoms with E-state index in [1.807, 2.05) is 12.1 Å². The molecule has 19 heavy (non-hydrogen) atoms. The lowest BCUT2D eigenvalue weighted by Crippen LogP contribution is -2.16. The highest BCUT2D eigenvalue weighted by molar-refractivity contribution is 5.92. The van der Waals surface area contributed by atoms with E-state index in [0.29, 0.717) is 5.56 Å². The normalized spacial score (nSPS) is 10.5. The molecule has 0 fully saturated rings. The molecule has 2 aromatic rings. The zero-order valence-corrected chi connectivity index (χ0v) is 10.6. The molecule has 1 aromatic carbocycles. The second kappa shape index (κ2) is 6.65. The number of amides is 1. The summed E-state index contributed by atoms with van der Waals surface area (Å²) in [6, 6.07) is 7.30. The van der Waals surface area contributed by atoms with Gasteiger partial charge in [-0.2, -0.15) is 5.10 Å². The molecule has 1 amide bonds. The highest BCUT2D eigenvalue weighted by Crippen LogP contribution is 2.03. The second-order valence-electron chi connectivity index (χ2n) is 4.27. The van der Waals surface area contributed by atoms with Crippen molar-refractivity contribution in [2.45, 2.75) is 19.4 Å². The first-order valence-corrected chi connectivity index (χ1v) is 6.19. The van der Waals surface area contributed by atoms with Crippen LogP contribution < -0.4 is 11.1 Å². The van der Waals surface area contributed by atoms with Crippen LogP contribution in [0.5, 0.6) is 0 Å². The summed E-state index contributed by atoms with van der Waals surface area (Å²) in [6.45, 7) is 1.67. The van der Waals surface area contributed by atoms with E-state index in [2.05, 4.69) is 20.5 Å². The molecular weight excluding hydrogens is 242 g/mol. The zero-order valence-electron chi connectivity index (χ0n) is 10.6. The number of aryl methyl sites for hydroxylation is 1. The SMILES string of the molecule is NC(=O)c1ccc(CNCCCc2ncn[nH]2)cc1. The van der Waals surface area contributed by atoms with Gasteiger partial charge in [-0.25, -0.2) is 4.98 Å². The molecule has 4 N–H and O–H groups in total. The Morgan fingerprint density at radius 3 is 2.74 bits per heavy atom. The predicted molar refractivity (Wildman–Crippen MR) is 71.4 cm³/mol. The minimum Gasteiger partial charge on any atom is -0.366 e. The van der Waals surface area contributed by atoms with E-state index >= 15 is 0 Å². The van der Waals surface area contributed by atoms with E-state index in [1.54, 1.807) is 12.1 Å². The lowest BCUT2D eigenvalue weighted by molar-refractivity contribution is 0.100. The van der Waals surface area contributed by atoms with E-state index in [-0.39, 0.29) is 0 Å². The van der Waals surface area contributed by atoms with Gasteiger partial charge in [0.2, 0.25) is 5.91 Å². The summed E-state index contributed by atoms with van der Waals surface area (Å²) < 4.78 is 0. The van der Waals surface area contributed by atoms with Gasteiger partial charge in [0.15, 0.2) is 0 Å². The maximum Gasteiger partial charge on any atom is 0.248 e. The molecule has 100 valence electrons. The summed E-state index contributed by atoms with van der Waals surface area (Å²) in [5, 5.41) is 9.96. The number of hydrogen-bond acceptors (Lipinski definition) is 4. The number of benzene rings is 1. The third-order valence-corrected chi connectivity index (χ3v) is 2.80. The van der Waals surface area contributed by atoms with Crippen LogP contribution in [-0.4, -0.2) is 27.6 Å². The van der Waals surface area contributed by atoms with Crippen LogP contribution in [0.25, 0.3) is 0 Å². The molecule has 6 nitrogen and oxygen atoms in total. The first-order chi connectivity index (χ1) is 9.25. The first kappa shape index (κ1) is 13.2. The van der Waals surface area contributed by atoms with E-state index < -0.39 is 5.91 Å². The molecule has 0 aliphatic carbocycles. The summed E-state index contributed by atoms with van der Waals surface area (Å²) >= 11 is 0. The molecule has 1 aromatic heterocycles. The van der Waals surface area contributed by atoms with Gasteiger partial charge >= 0.3 is 0 Å². The molecule has 1 heterocycles. The zero-order chi connectivity index (χ0) is 13.5. The number of nitrogens with two attached hydrogens (primary N) is 1. The predicted octanol–water partition coefficient (Wildman–Crippen LogP) is 0.626. The van der Waals surface area contributed by atoms with Gasteiger partial charge in [0.05, 0.1) is 0 Å². The fourth-order valence-corrected chi connectivity index (χ4v) is 1.75. The standard InChI is InChI=1S/C13H17N5O/c14-13(19)11-5-3-10(4-6-11)8-15-7-1-2-12-16-9-17-18-12/h3-6,9,15H,1-2,7-8H2,(H2,14,19)(H,16,17,18). The van der Waals surface area contributed by atoms with Crippen molar-refractivity contribution in [1.82, 2.24) is 20.5 Å². The van der Waals surface area contributed by atoms with E-state index in [4.69, 9.17) is 5.73 Å². The Bertz CT molecular complexity index is 506. The Morgan fingerprint density at radius 1 is 1.32 bits per heavy atom. The van der Waals surface area contributed by atoms with Crippen LogP contribution in [0.3, 0.4) is 0 Å². The topological polar surface area (TPSA) is 96.7 Å². The van der Waals surface area contributed by atoms with Crippen molar-refractivity contribution in [2.24, 2.45) is 5.73 Å². The average Bonchev–Trinajstić information content (AvgIpc) is 2.92. The highest BCUT2D eigenvalue weighted by Gasteiger charge is 2.00. The van der Waals surface area contributed by atoms with Gasteiger partial charge in [-0.05, 0) is 30.7 Å².